The van der Waals surface area contributed by atoms with Crippen molar-refractivity contribution in [2.24, 2.45) is 0 Å². The van der Waals surface area contributed by atoms with Crippen molar-refractivity contribution in [3.63, 3.8) is 0 Å². The number of ether oxygens (including phenoxy) is 1. The molecule has 1 aromatic rings. The summed E-state index contributed by atoms with van der Waals surface area (Å²) in [6.07, 6.45) is 0.966. The van der Waals surface area contributed by atoms with Crippen molar-refractivity contribution in [3.05, 3.63) is 18.2 Å². The minimum absolute atomic E-state index is 0.0734. The van der Waals surface area contributed by atoms with E-state index in [0.717, 1.165) is 18.7 Å². The van der Waals surface area contributed by atoms with Gasteiger partial charge < -0.3 is 20.3 Å². The summed E-state index contributed by atoms with van der Waals surface area (Å²) >= 11 is 0. The fraction of sp³-hybridized carbons (Fsp3) is 0.500. The lowest BCUT2D eigenvalue weighted by Gasteiger charge is -2.25. The van der Waals surface area contributed by atoms with Gasteiger partial charge in [0, 0.05) is 32.4 Å². The highest BCUT2D eigenvalue weighted by Gasteiger charge is 2.13. The molecule has 0 saturated carbocycles. The standard InChI is InChI=1S/C14H23N3O2/c1-5-8-17(10-14(18)16(2)3)11-6-7-12(15)13(9-11)19-4/h6-7,9H,5,8,10,15H2,1-4H3. The third kappa shape index (κ3) is 4.05. The highest BCUT2D eigenvalue weighted by Crippen LogP contribution is 2.27. The Morgan fingerprint density at radius 1 is 1.37 bits per heavy atom. The molecule has 106 valence electrons. The topological polar surface area (TPSA) is 58.8 Å². The van der Waals surface area contributed by atoms with Gasteiger partial charge in [0.2, 0.25) is 5.91 Å². The van der Waals surface area contributed by atoms with Crippen LogP contribution in [0.25, 0.3) is 0 Å². The van der Waals surface area contributed by atoms with Gasteiger partial charge >= 0.3 is 0 Å². The maximum Gasteiger partial charge on any atom is 0.241 e. The van der Waals surface area contributed by atoms with Crippen LogP contribution in [0.4, 0.5) is 11.4 Å². The van der Waals surface area contributed by atoms with Gasteiger partial charge in [-0.1, -0.05) is 6.92 Å². The third-order valence-corrected chi connectivity index (χ3v) is 2.90. The molecule has 0 aliphatic rings. The Morgan fingerprint density at radius 3 is 2.58 bits per heavy atom. The van der Waals surface area contributed by atoms with Crippen LogP contribution in [-0.4, -0.2) is 45.1 Å². The van der Waals surface area contributed by atoms with Gasteiger partial charge in [-0.15, -0.1) is 0 Å². The second kappa shape index (κ2) is 6.87. The average Bonchev–Trinajstić information content (AvgIpc) is 2.38. The van der Waals surface area contributed by atoms with Gasteiger partial charge in [0.25, 0.3) is 0 Å². The number of hydrogen-bond donors (Lipinski definition) is 1. The molecule has 0 bridgehead atoms. The minimum atomic E-state index is 0.0734. The number of nitrogen functional groups attached to an aromatic ring is 1. The largest absolute Gasteiger partial charge is 0.495 e. The number of rotatable bonds is 6. The van der Waals surface area contributed by atoms with Gasteiger partial charge in [-0.25, -0.2) is 0 Å². The van der Waals surface area contributed by atoms with Crippen LogP contribution in [0.15, 0.2) is 18.2 Å². The molecule has 0 aromatic heterocycles. The van der Waals surface area contributed by atoms with E-state index in [1.165, 1.54) is 0 Å². The summed E-state index contributed by atoms with van der Waals surface area (Å²) < 4.78 is 5.22. The van der Waals surface area contributed by atoms with Crippen LogP contribution in [0.5, 0.6) is 5.75 Å². The second-order valence-electron chi connectivity index (χ2n) is 4.64. The van der Waals surface area contributed by atoms with Crippen LogP contribution < -0.4 is 15.4 Å². The van der Waals surface area contributed by atoms with Crippen LogP contribution in [0.2, 0.25) is 0 Å². The normalized spacial score (nSPS) is 10.1. The molecule has 5 nitrogen and oxygen atoms in total. The summed E-state index contributed by atoms with van der Waals surface area (Å²) in [5, 5.41) is 0. The predicted molar refractivity (Wildman–Crippen MR) is 78.6 cm³/mol. The monoisotopic (exact) mass is 265 g/mol. The van der Waals surface area contributed by atoms with E-state index in [4.69, 9.17) is 10.5 Å². The zero-order valence-electron chi connectivity index (χ0n) is 12.1. The molecule has 19 heavy (non-hydrogen) atoms. The fourth-order valence-electron chi connectivity index (χ4n) is 1.77. The van der Waals surface area contributed by atoms with E-state index in [-0.39, 0.29) is 5.91 Å². The summed E-state index contributed by atoms with van der Waals surface area (Å²) in [7, 11) is 5.11. The number of methoxy groups -OCH3 is 1. The summed E-state index contributed by atoms with van der Waals surface area (Å²) in [6, 6.07) is 5.58. The van der Waals surface area contributed by atoms with Crippen molar-refractivity contribution in [3.8, 4) is 5.75 Å². The molecule has 1 aromatic carbocycles. The molecule has 0 heterocycles. The molecule has 1 amide bonds. The zero-order valence-corrected chi connectivity index (χ0v) is 12.1. The summed E-state index contributed by atoms with van der Waals surface area (Å²) in [5.41, 5.74) is 7.35. The first-order valence-electron chi connectivity index (χ1n) is 6.38. The summed E-state index contributed by atoms with van der Waals surface area (Å²) in [5.74, 6) is 0.708. The van der Waals surface area contributed by atoms with E-state index in [1.54, 1.807) is 32.2 Å². The van der Waals surface area contributed by atoms with Crippen molar-refractivity contribution in [2.45, 2.75) is 13.3 Å². The van der Waals surface area contributed by atoms with E-state index >= 15 is 0 Å². The molecule has 0 unspecified atom stereocenters. The molecule has 1 rings (SSSR count). The number of nitrogens with two attached hydrogens (primary N) is 1. The molecule has 0 saturated heterocycles. The molecular formula is C14H23N3O2. The molecule has 0 fully saturated rings. The van der Waals surface area contributed by atoms with Crippen molar-refractivity contribution in [2.75, 3.05) is 44.9 Å². The van der Waals surface area contributed by atoms with Crippen LogP contribution in [0.1, 0.15) is 13.3 Å². The van der Waals surface area contributed by atoms with E-state index in [2.05, 4.69) is 6.92 Å². The summed E-state index contributed by atoms with van der Waals surface area (Å²) in [4.78, 5) is 15.5. The first-order valence-corrected chi connectivity index (χ1v) is 6.38. The third-order valence-electron chi connectivity index (χ3n) is 2.90. The number of amides is 1. The second-order valence-corrected chi connectivity index (χ2v) is 4.64. The van der Waals surface area contributed by atoms with Crippen molar-refractivity contribution < 1.29 is 9.53 Å². The van der Waals surface area contributed by atoms with Gasteiger partial charge in [-0.05, 0) is 18.6 Å². The van der Waals surface area contributed by atoms with E-state index in [1.807, 2.05) is 17.0 Å². The molecule has 0 spiro atoms. The number of anilines is 2. The number of carbonyl (C=O) groups is 1. The Kier molecular flexibility index (Phi) is 5.48. The molecule has 0 aliphatic carbocycles. The van der Waals surface area contributed by atoms with Crippen molar-refractivity contribution in [1.29, 1.82) is 0 Å². The first-order chi connectivity index (χ1) is 8.99. The molecule has 0 radical (unpaired) electrons. The maximum absolute atomic E-state index is 11.9. The minimum Gasteiger partial charge on any atom is -0.495 e. The van der Waals surface area contributed by atoms with Crippen LogP contribution >= 0.6 is 0 Å². The lowest BCUT2D eigenvalue weighted by Crippen LogP contribution is -2.37. The van der Waals surface area contributed by atoms with Gasteiger partial charge in [0.1, 0.15) is 5.75 Å². The zero-order chi connectivity index (χ0) is 14.4. The predicted octanol–water partition coefficient (Wildman–Crippen LogP) is 1.58. The van der Waals surface area contributed by atoms with Gasteiger partial charge in [-0.2, -0.15) is 0 Å². The SMILES string of the molecule is CCCN(CC(=O)N(C)C)c1ccc(N)c(OC)c1. The number of benzene rings is 1. The lowest BCUT2D eigenvalue weighted by molar-refractivity contribution is -0.127. The van der Waals surface area contributed by atoms with Crippen LogP contribution in [0, 0.1) is 0 Å². The van der Waals surface area contributed by atoms with Crippen LogP contribution in [-0.2, 0) is 4.79 Å². The fourth-order valence-corrected chi connectivity index (χ4v) is 1.77. The van der Waals surface area contributed by atoms with Gasteiger partial charge in [-0.3, -0.25) is 4.79 Å². The van der Waals surface area contributed by atoms with Gasteiger partial charge in [0.15, 0.2) is 0 Å². The number of hydrogen-bond acceptors (Lipinski definition) is 4. The maximum atomic E-state index is 11.9. The summed E-state index contributed by atoms with van der Waals surface area (Å²) in [6.45, 7) is 3.25. The van der Waals surface area contributed by atoms with E-state index < -0.39 is 0 Å². The Bertz CT molecular complexity index is 433. The Labute approximate surface area is 114 Å². The highest BCUT2D eigenvalue weighted by atomic mass is 16.5. The van der Waals surface area contributed by atoms with Crippen molar-refractivity contribution >= 4 is 17.3 Å². The smallest absolute Gasteiger partial charge is 0.241 e. The van der Waals surface area contributed by atoms with Crippen LogP contribution in [0.3, 0.4) is 0 Å². The Morgan fingerprint density at radius 2 is 2.05 bits per heavy atom. The number of nitrogens with zero attached hydrogens (tertiary/aromatic N) is 2. The molecular weight excluding hydrogens is 242 g/mol. The van der Waals surface area contributed by atoms with E-state index in [0.29, 0.717) is 18.0 Å². The lowest BCUT2D eigenvalue weighted by atomic mass is 10.2. The number of carbonyl (C=O) groups excluding carboxylic acids is 1. The first kappa shape index (κ1) is 15.1. The number of likely N-dealkylation sites (N-methyl/N-ethyl adjacent to an activating group) is 1. The molecule has 2 N–H and O–H groups in total. The Balaban J connectivity index is 2.95. The van der Waals surface area contributed by atoms with E-state index in [9.17, 15) is 4.79 Å². The highest BCUT2D eigenvalue weighted by molar-refractivity contribution is 5.81. The Hall–Kier alpha value is -1.91. The quantitative estimate of drug-likeness (QED) is 0.793. The molecule has 0 aliphatic heterocycles. The van der Waals surface area contributed by atoms with Gasteiger partial charge in [0.05, 0.1) is 19.3 Å². The average molecular weight is 265 g/mol. The van der Waals surface area contributed by atoms with Crippen molar-refractivity contribution in [1.82, 2.24) is 4.90 Å². The molecule has 5 heteroatoms. The molecule has 0 atom stereocenters.